The van der Waals surface area contributed by atoms with E-state index in [1.165, 1.54) is 51.2 Å². The Balaban J connectivity index is 1.22. The quantitative estimate of drug-likeness (QED) is 0.518. The number of hydrogen-bond acceptors (Lipinski definition) is 4. The van der Waals surface area contributed by atoms with Crippen LogP contribution in [0.4, 0.5) is 0 Å². The molecule has 5 fully saturated rings. The zero-order chi connectivity index (χ0) is 24.8. The van der Waals surface area contributed by atoms with Gasteiger partial charge in [0.25, 0.3) is 0 Å². The second kappa shape index (κ2) is 8.54. The van der Waals surface area contributed by atoms with Crippen molar-refractivity contribution in [3.05, 3.63) is 11.1 Å². The van der Waals surface area contributed by atoms with E-state index in [9.17, 15) is 8.42 Å². The topological polar surface area (TPSA) is 67.4 Å². The lowest BCUT2D eigenvalue weighted by atomic mass is 9.52. The second-order valence-corrected chi connectivity index (χ2v) is 15.8. The van der Waals surface area contributed by atoms with Crippen LogP contribution in [0.1, 0.15) is 91.9 Å². The van der Waals surface area contributed by atoms with Crippen LogP contribution in [-0.2, 0) is 14.8 Å². The highest BCUT2D eigenvalue weighted by molar-refractivity contribution is 7.88. The Bertz CT molecular complexity index is 994. The van der Waals surface area contributed by atoms with Crippen molar-refractivity contribution in [2.45, 2.75) is 116 Å². The highest BCUT2D eigenvalue weighted by atomic mass is 32.2. The zero-order valence-electron chi connectivity index (χ0n) is 22.6. The first-order chi connectivity index (χ1) is 16.5. The molecule has 0 bridgehead atoms. The Hall–Kier alpha value is -0.430. The first kappa shape index (κ1) is 24.9. The SMILES string of the molecule is CC1=C2C[C@@H]3[C@@H](CC[C@@H]4CC(NS(C)(=O)=O)CC[C@@]43C)[C@H]2CC[C@@]2(C1)O[C@@H]1C[C@@H](C)CN[C@@H]1[C@H]2C. The van der Waals surface area contributed by atoms with Crippen molar-refractivity contribution in [1.29, 1.82) is 0 Å². The molecule has 198 valence electrons. The minimum absolute atomic E-state index is 0.0276. The minimum Gasteiger partial charge on any atom is -0.369 e. The second-order valence-electron chi connectivity index (χ2n) is 14.0. The lowest BCUT2D eigenvalue weighted by Gasteiger charge is -2.54. The minimum atomic E-state index is -3.13. The van der Waals surface area contributed by atoms with E-state index in [1.54, 1.807) is 11.1 Å². The Morgan fingerprint density at radius 3 is 2.66 bits per heavy atom. The molecular weight excluding hydrogens is 456 g/mol. The fourth-order valence-corrected chi connectivity index (χ4v) is 11.1. The highest BCUT2D eigenvalue weighted by Crippen LogP contribution is 2.65. The maximum atomic E-state index is 11.9. The van der Waals surface area contributed by atoms with Crippen molar-refractivity contribution >= 4 is 10.0 Å². The van der Waals surface area contributed by atoms with Crippen molar-refractivity contribution in [3.63, 3.8) is 0 Å². The third kappa shape index (κ3) is 4.08. The highest BCUT2D eigenvalue weighted by Gasteiger charge is 2.59. The third-order valence-corrected chi connectivity index (χ3v) is 12.8. The number of nitrogens with one attached hydrogen (secondary N) is 2. The van der Waals surface area contributed by atoms with Crippen molar-refractivity contribution < 1.29 is 13.2 Å². The molecule has 5 nitrogen and oxygen atoms in total. The van der Waals surface area contributed by atoms with Crippen LogP contribution in [-0.4, -0.2) is 45.0 Å². The number of rotatable bonds is 2. The largest absolute Gasteiger partial charge is 0.369 e. The van der Waals surface area contributed by atoms with Gasteiger partial charge in [-0.1, -0.05) is 31.9 Å². The van der Waals surface area contributed by atoms with Crippen LogP contribution in [0.3, 0.4) is 0 Å². The molecule has 1 spiro atoms. The summed E-state index contributed by atoms with van der Waals surface area (Å²) in [6, 6.07) is 0.660. The van der Waals surface area contributed by atoms with Gasteiger partial charge in [0, 0.05) is 18.0 Å². The lowest BCUT2D eigenvalue weighted by molar-refractivity contribution is -0.0746. The summed E-state index contributed by atoms with van der Waals surface area (Å²) in [4.78, 5) is 0. The van der Waals surface area contributed by atoms with Gasteiger partial charge in [0.1, 0.15) is 0 Å². The maximum Gasteiger partial charge on any atom is 0.208 e. The predicted octanol–water partition coefficient (Wildman–Crippen LogP) is 5.03. The van der Waals surface area contributed by atoms with Crippen LogP contribution in [0.2, 0.25) is 0 Å². The van der Waals surface area contributed by atoms with E-state index in [2.05, 4.69) is 37.7 Å². The summed E-state index contributed by atoms with van der Waals surface area (Å²) < 4.78 is 33.7. The van der Waals surface area contributed by atoms with Crippen molar-refractivity contribution in [3.8, 4) is 0 Å². The molecule has 6 aliphatic rings. The van der Waals surface area contributed by atoms with E-state index < -0.39 is 10.0 Å². The molecule has 6 heteroatoms. The third-order valence-electron chi connectivity index (χ3n) is 12.0. The van der Waals surface area contributed by atoms with Gasteiger partial charge in [-0.15, -0.1) is 0 Å². The van der Waals surface area contributed by atoms with Gasteiger partial charge in [0.2, 0.25) is 10.0 Å². The van der Waals surface area contributed by atoms with E-state index in [-0.39, 0.29) is 11.6 Å². The van der Waals surface area contributed by atoms with Gasteiger partial charge in [-0.25, -0.2) is 13.1 Å². The van der Waals surface area contributed by atoms with E-state index >= 15 is 0 Å². The average Bonchev–Trinajstić information content (AvgIpc) is 3.23. The summed E-state index contributed by atoms with van der Waals surface area (Å²) in [5.74, 6) is 4.28. The summed E-state index contributed by atoms with van der Waals surface area (Å²) in [5, 5.41) is 3.85. The molecule has 2 N–H and O–H groups in total. The molecule has 0 radical (unpaired) electrons. The molecule has 4 aliphatic carbocycles. The maximum absolute atomic E-state index is 11.9. The molecule has 0 aromatic rings. The number of piperidine rings is 1. The van der Waals surface area contributed by atoms with E-state index in [0.717, 1.165) is 43.6 Å². The molecule has 2 saturated heterocycles. The Kier molecular flexibility index (Phi) is 6.07. The van der Waals surface area contributed by atoms with E-state index in [0.29, 0.717) is 35.3 Å². The standard InChI is InChI=1S/C29H48N2O3S/c1-17-12-26-27(30-16-17)19(3)29(34-26)11-9-22-23-7-6-20-13-21(31-35(5,32)33)8-10-28(20,4)25(23)14-24(22)18(2)15-29/h17,19-23,25-27,30-31H,6-16H2,1-5H3/t17-,19-,20-,21?,22-,23+,25-,26-,27-,28+,29+/m1/s1. The summed E-state index contributed by atoms with van der Waals surface area (Å²) >= 11 is 0. The number of ether oxygens (including phenoxy) is 1. The summed E-state index contributed by atoms with van der Waals surface area (Å²) in [6.07, 6.45) is 13.6. The molecule has 2 aliphatic heterocycles. The van der Waals surface area contributed by atoms with Gasteiger partial charge in [-0.2, -0.15) is 0 Å². The lowest BCUT2D eigenvalue weighted by Crippen LogP contribution is -2.50. The number of fused-ring (bicyclic) bond motifs is 6. The van der Waals surface area contributed by atoms with Gasteiger partial charge in [-0.05, 0) is 113 Å². The average molecular weight is 505 g/mol. The van der Waals surface area contributed by atoms with Gasteiger partial charge >= 0.3 is 0 Å². The Morgan fingerprint density at radius 2 is 1.89 bits per heavy atom. The molecule has 0 aromatic heterocycles. The van der Waals surface area contributed by atoms with Crippen LogP contribution in [0, 0.1) is 40.9 Å². The first-order valence-corrected chi connectivity index (χ1v) is 16.5. The predicted molar refractivity (Wildman–Crippen MR) is 140 cm³/mol. The summed E-state index contributed by atoms with van der Waals surface area (Å²) in [6.45, 7) is 11.0. The number of sulfonamides is 1. The number of hydrogen-bond donors (Lipinski definition) is 2. The Morgan fingerprint density at radius 1 is 1.09 bits per heavy atom. The van der Waals surface area contributed by atoms with Crippen molar-refractivity contribution in [2.24, 2.45) is 40.9 Å². The molecule has 0 amide bonds. The summed E-state index contributed by atoms with van der Waals surface area (Å²) in [5.41, 5.74) is 3.83. The normalized spacial score (nSPS) is 52.0. The molecule has 0 aromatic carbocycles. The fraction of sp³-hybridized carbons (Fsp3) is 0.931. The van der Waals surface area contributed by atoms with Crippen molar-refractivity contribution in [1.82, 2.24) is 10.0 Å². The van der Waals surface area contributed by atoms with E-state index in [1.807, 2.05) is 0 Å². The molecular formula is C29H48N2O3S. The van der Waals surface area contributed by atoms with Gasteiger partial charge < -0.3 is 10.1 Å². The van der Waals surface area contributed by atoms with Gasteiger partial charge in [0.15, 0.2) is 0 Å². The molecule has 6 rings (SSSR count). The van der Waals surface area contributed by atoms with Crippen LogP contribution in [0.5, 0.6) is 0 Å². The van der Waals surface area contributed by atoms with Crippen LogP contribution in [0.25, 0.3) is 0 Å². The number of allylic oxidation sites excluding steroid dienone is 1. The monoisotopic (exact) mass is 504 g/mol. The van der Waals surface area contributed by atoms with Gasteiger partial charge in [-0.3, -0.25) is 0 Å². The van der Waals surface area contributed by atoms with Crippen molar-refractivity contribution in [2.75, 3.05) is 12.8 Å². The smallest absolute Gasteiger partial charge is 0.208 e. The van der Waals surface area contributed by atoms with Crippen LogP contribution < -0.4 is 10.0 Å². The fourth-order valence-electron chi connectivity index (χ4n) is 10.2. The molecule has 1 unspecified atom stereocenters. The first-order valence-electron chi connectivity index (χ1n) is 14.6. The van der Waals surface area contributed by atoms with Crippen LogP contribution in [0.15, 0.2) is 11.1 Å². The van der Waals surface area contributed by atoms with Gasteiger partial charge in [0.05, 0.1) is 18.0 Å². The summed E-state index contributed by atoms with van der Waals surface area (Å²) in [7, 11) is -3.13. The zero-order valence-corrected chi connectivity index (χ0v) is 23.4. The van der Waals surface area contributed by atoms with Crippen LogP contribution >= 0.6 is 0 Å². The Labute approximate surface area is 213 Å². The molecule has 35 heavy (non-hydrogen) atoms. The molecule has 2 heterocycles. The molecule has 11 atom stereocenters. The molecule has 3 saturated carbocycles. The van der Waals surface area contributed by atoms with E-state index in [4.69, 9.17) is 4.74 Å².